The van der Waals surface area contributed by atoms with Crippen LogP contribution in [0.5, 0.6) is 0 Å². The van der Waals surface area contributed by atoms with Crippen molar-refractivity contribution >= 4 is 40.8 Å². The van der Waals surface area contributed by atoms with Crippen LogP contribution in [0.4, 0.5) is 5.69 Å². The van der Waals surface area contributed by atoms with Gasteiger partial charge in [0.15, 0.2) is 0 Å². The molecule has 1 amide bonds. The highest BCUT2D eigenvalue weighted by Gasteiger charge is 2.33. The van der Waals surface area contributed by atoms with Crippen LogP contribution >= 0.6 is 23.2 Å². The fourth-order valence-electron chi connectivity index (χ4n) is 3.09. The molecule has 3 N–H and O–H groups in total. The molecule has 5 nitrogen and oxygen atoms in total. The quantitative estimate of drug-likeness (QED) is 0.735. The lowest BCUT2D eigenvalue weighted by atomic mass is 9.92. The van der Waals surface area contributed by atoms with Crippen LogP contribution in [0.25, 0.3) is 0 Å². The van der Waals surface area contributed by atoms with Crippen LogP contribution < -0.4 is 10.6 Å². The smallest absolute Gasteiger partial charge is 0.326 e. The molecule has 136 valence electrons. The lowest BCUT2D eigenvalue weighted by Crippen LogP contribution is -2.41. The van der Waals surface area contributed by atoms with Crippen molar-refractivity contribution in [1.29, 1.82) is 0 Å². The van der Waals surface area contributed by atoms with Crippen molar-refractivity contribution in [2.75, 3.05) is 5.32 Å². The number of anilines is 1. The van der Waals surface area contributed by atoms with Crippen molar-refractivity contribution in [3.05, 3.63) is 63.1 Å². The Balaban J connectivity index is 1.83. The molecule has 2 aromatic rings. The molecule has 7 heteroatoms. The SMILES string of the molecule is Cc1ccc(CC(=O)N[C@H]2C[C@H](C(=O)O)Nc3cc(Cl)cc(Cl)c32)cc1. The van der Waals surface area contributed by atoms with E-state index in [4.69, 9.17) is 23.2 Å². The van der Waals surface area contributed by atoms with E-state index in [1.807, 2.05) is 31.2 Å². The number of halogens is 2. The van der Waals surface area contributed by atoms with Crippen molar-refractivity contribution in [3.63, 3.8) is 0 Å². The molecule has 0 unspecified atom stereocenters. The van der Waals surface area contributed by atoms with Gasteiger partial charge in [-0.25, -0.2) is 4.79 Å². The van der Waals surface area contributed by atoms with Crippen LogP contribution in [-0.4, -0.2) is 23.0 Å². The Morgan fingerprint density at radius 3 is 2.58 bits per heavy atom. The number of hydrogen-bond donors (Lipinski definition) is 3. The largest absolute Gasteiger partial charge is 0.480 e. The van der Waals surface area contributed by atoms with E-state index in [0.717, 1.165) is 11.1 Å². The highest BCUT2D eigenvalue weighted by atomic mass is 35.5. The molecule has 2 atom stereocenters. The highest BCUT2D eigenvalue weighted by molar-refractivity contribution is 6.35. The summed E-state index contributed by atoms with van der Waals surface area (Å²) in [5, 5.41) is 16.0. The highest BCUT2D eigenvalue weighted by Crippen LogP contribution is 2.39. The molecular weight excluding hydrogens is 375 g/mol. The Labute approximate surface area is 161 Å². The summed E-state index contributed by atoms with van der Waals surface area (Å²) >= 11 is 12.3. The van der Waals surface area contributed by atoms with E-state index < -0.39 is 18.1 Å². The van der Waals surface area contributed by atoms with E-state index in [1.54, 1.807) is 12.1 Å². The summed E-state index contributed by atoms with van der Waals surface area (Å²) in [7, 11) is 0. The molecule has 0 aromatic heterocycles. The molecule has 0 bridgehead atoms. The molecule has 1 heterocycles. The van der Waals surface area contributed by atoms with Gasteiger partial charge in [0.1, 0.15) is 6.04 Å². The first-order valence-corrected chi connectivity index (χ1v) is 8.92. The van der Waals surface area contributed by atoms with Gasteiger partial charge >= 0.3 is 5.97 Å². The molecule has 1 aliphatic heterocycles. The lowest BCUT2D eigenvalue weighted by Gasteiger charge is -2.32. The maximum atomic E-state index is 12.5. The van der Waals surface area contributed by atoms with Crippen LogP contribution in [0, 0.1) is 6.92 Å². The molecule has 0 spiro atoms. The van der Waals surface area contributed by atoms with Crippen LogP contribution in [0.3, 0.4) is 0 Å². The van der Waals surface area contributed by atoms with Crippen LogP contribution in [0.2, 0.25) is 10.0 Å². The van der Waals surface area contributed by atoms with Crippen molar-refractivity contribution in [1.82, 2.24) is 5.32 Å². The van der Waals surface area contributed by atoms with Crippen LogP contribution in [0.1, 0.15) is 29.2 Å². The van der Waals surface area contributed by atoms with E-state index in [0.29, 0.717) is 21.3 Å². The summed E-state index contributed by atoms with van der Waals surface area (Å²) in [4.78, 5) is 23.9. The number of fused-ring (bicyclic) bond motifs is 1. The number of aliphatic carboxylic acids is 1. The first kappa shape index (κ1) is 18.5. The Hall–Kier alpha value is -2.24. The topological polar surface area (TPSA) is 78.4 Å². The number of carbonyl (C=O) groups is 2. The number of rotatable bonds is 4. The number of hydrogen-bond acceptors (Lipinski definition) is 3. The summed E-state index contributed by atoms with van der Waals surface area (Å²) in [6.45, 7) is 1.98. The summed E-state index contributed by atoms with van der Waals surface area (Å²) in [5.74, 6) is -1.19. The van der Waals surface area contributed by atoms with Gasteiger partial charge in [-0.15, -0.1) is 0 Å². The van der Waals surface area contributed by atoms with Crippen LogP contribution in [0.15, 0.2) is 36.4 Å². The predicted octanol–water partition coefficient (Wildman–Crippen LogP) is 3.97. The number of benzene rings is 2. The van der Waals surface area contributed by atoms with Gasteiger partial charge in [-0.2, -0.15) is 0 Å². The second kappa shape index (κ2) is 7.56. The molecular formula is C19H18Cl2N2O3. The van der Waals surface area contributed by atoms with Crippen molar-refractivity contribution < 1.29 is 14.7 Å². The zero-order valence-electron chi connectivity index (χ0n) is 14.1. The molecule has 0 saturated heterocycles. The molecule has 0 radical (unpaired) electrons. The first-order valence-electron chi connectivity index (χ1n) is 8.16. The number of carbonyl (C=O) groups excluding carboxylic acids is 1. The van der Waals surface area contributed by atoms with E-state index in [2.05, 4.69) is 10.6 Å². The second-order valence-electron chi connectivity index (χ2n) is 6.40. The summed E-state index contributed by atoms with van der Waals surface area (Å²) in [6.07, 6.45) is 0.409. The Morgan fingerprint density at radius 2 is 1.92 bits per heavy atom. The molecule has 3 rings (SSSR count). The molecule has 0 aliphatic carbocycles. The van der Waals surface area contributed by atoms with Gasteiger partial charge in [0, 0.05) is 27.7 Å². The van der Waals surface area contributed by atoms with Crippen molar-refractivity contribution in [2.24, 2.45) is 0 Å². The zero-order valence-corrected chi connectivity index (χ0v) is 15.6. The number of carboxylic acids is 1. The van der Waals surface area contributed by atoms with E-state index >= 15 is 0 Å². The number of amides is 1. The monoisotopic (exact) mass is 392 g/mol. The molecule has 0 saturated carbocycles. The average molecular weight is 393 g/mol. The Morgan fingerprint density at radius 1 is 1.23 bits per heavy atom. The minimum atomic E-state index is -0.996. The average Bonchev–Trinajstić information content (AvgIpc) is 2.55. The maximum absolute atomic E-state index is 12.5. The minimum Gasteiger partial charge on any atom is -0.480 e. The first-order chi connectivity index (χ1) is 12.3. The zero-order chi connectivity index (χ0) is 18.8. The third-order valence-electron chi connectivity index (χ3n) is 4.36. The summed E-state index contributed by atoms with van der Waals surface area (Å²) in [5.41, 5.74) is 3.20. The summed E-state index contributed by atoms with van der Waals surface area (Å²) in [6, 6.07) is 9.57. The van der Waals surface area contributed by atoms with Gasteiger partial charge in [0.2, 0.25) is 5.91 Å². The fourth-order valence-corrected chi connectivity index (χ4v) is 3.71. The standard InChI is InChI=1S/C19H18Cl2N2O3/c1-10-2-4-11(5-3-10)6-17(24)23-15-9-16(19(25)26)22-14-8-12(20)7-13(21)18(14)15/h2-5,7-8,15-16,22H,6,9H2,1H3,(H,23,24)(H,25,26)/t15-,16+/m0/s1. The Bertz CT molecular complexity index is 853. The minimum absolute atomic E-state index is 0.193. The van der Waals surface area contributed by atoms with E-state index in [-0.39, 0.29) is 18.7 Å². The number of carboxylic acid groups (broad SMARTS) is 1. The van der Waals surface area contributed by atoms with Gasteiger partial charge < -0.3 is 15.7 Å². The third kappa shape index (κ3) is 4.11. The van der Waals surface area contributed by atoms with Crippen molar-refractivity contribution in [2.45, 2.75) is 31.8 Å². The predicted molar refractivity (Wildman–Crippen MR) is 102 cm³/mol. The van der Waals surface area contributed by atoms with Crippen LogP contribution in [-0.2, 0) is 16.0 Å². The molecule has 2 aromatic carbocycles. The number of aryl methyl sites for hydroxylation is 1. The lowest BCUT2D eigenvalue weighted by molar-refractivity contribution is -0.138. The molecule has 0 fully saturated rings. The third-order valence-corrected chi connectivity index (χ3v) is 4.89. The Kier molecular flexibility index (Phi) is 5.39. The summed E-state index contributed by atoms with van der Waals surface area (Å²) < 4.78 is 0. The molecule has 1 aliphatic rings. The number of nitrogens with one attached hydrogen (secondary N) is 2. The maximum Gasteiger partial charge on any atom is 0.326 e. The van der Waals surface area contributed by atoms with Gasteiger partial charge in [-0.3, -0.25) is 4.79 Å². The fraction of sp³-hybridized carbons (Fsp3) is 0.263. The van der Waals surface area contributed by atoms with Crippen molar-refractivity contribution in [3.8, 4) is 0 Å². The van der Waals surface area contributed by atoms with E-state index in [1.165, 1.54) is 0 Å². The van der Waals surface area contributed by atoms with Gasteiger partial charge in [-0.1, -0.05) is 53.0 Å². The van der Waals surface area contributed by atoms with Gasteiger partial charge in [0.05, 0.1) is 12.5 Å². The van der Waals surface area contributed by atoms with Gasteiger partial charge in [0.25, 0.3) is 0 Å². The van der Waals surface area contributed by atoms with Gasteiger partial charge in [-0.05, 0) is 24.6 Å². The molecule has 26 heavy (non-hydrogen) atoms. The second-order valence-corrected chi connectivity index (χ2v) is 7.25. The van der Waals surface area contributed by atoms with E-state index in [9.17, 15) is 14.7 Å². The normalized spacial score (nSPS) is 18.6.